The molecule has 0 saturated heterocycles. The van der Waals surface area contributed by atoms with Gasteiger partial charge in [-0.15, -0.1) is 6.42 Å². The zero-order valence-corrected chi connectivity index (χ0v) is 6.23. The second-order valence-corrected chi connectivity index (χ2v) is 3.04. The second-order valence-electron chi connectivity index (χ2n) is 3.04. The first-order valence-corrected chi connectivity index (χ1v) is 2.87. The van der Waals surface area contributed by atoms with E-state index in [2.05, 4.69) is 12.8 Å². The minimum atomic E-state index is -0.901. The number of hydrogen-bond donors (Lipinski definition) is 1. The van der Waals surface area contributed by atoms with Gasteiger partial charge in [-0.2, -0.15) is 0 Å². The molecule has 0 aliphatic heterocycles. The van der Waals surface area contributed by atoms with Gasteiger partial charge in [0, 0.05) is 0 Å². The minimum absolute atomic E-state index is 0.688. The highest BCUT2D eigenvalue weighted by molar-refractivity contribution is 5.12. The molecule has 9 heavy (non-hydrogen) atoms. The number of rotatable bonds is 1. The molecule has 0 bridgehead atoms. The van der Waals surface area contributed by atoms with E-state index in [0.717, 1.165) is 0 Å². The lowest BCUT2D eigenvalue weighted by Gasteiger charge is -2.31. The molecule has 1 radical (unpaired) electrons. The molecule has 0 aromatic heterocycles. The van der Waals surface area contributed by atoms with Crippen molar-refractivity contribution in [1.82, 2.24) is 0 Å². The van der Waals surface area contributed by atoms with Crippen LogP contribution in [0.2, 0.25) is 0 Å². The van der Waals surface area contributed by atoms with Gasteiger partial charge in [0.1, 0.15) is 0 Å². The summed E-state index contributed by atoms with van der Waals surface area (Å²) in [6.45, 7) is 8.71. The Labute approximate surface area is 57.1 Å². The Morgan fingerprint density at radius 2 is 1.78 bits per heavy atom. The van der Waals surface area contributed by atoms with Crippen LogP contribution in [0, 0.1) is 24.7 Å². The van der Waals surface area contributed by atoms with Crippen molar-refractivity contribution in [2.24, 2.45) is 5.41 Å². The average Bonchev–Trinajstić information content (AvgIpc) is 1.64. The summed E-state index contributed by atoms with van der Waals surface area (Å²) in [6.07, 6.45) is 5.12. The molecular formula is C8H13O. The van der Waals surface area contributed by atoms with Crippen LogP contribution in [0.5, 0.6) is 0 Å². The lowest BCUT2D eigenvalue weighted by atomic mass is 9.78. The van der Waals surface area contributed by atoms with E-state index in [0.29, 0.717) is 0 Å². The van der Waals surface area contributed by atoms with Crippen LogP contribution in [0.1, 0.15) is 20.8 Å². The molecule has 0 amide bonds. The Morgan fingerprint density at radius 1 is 1.44 bits per heavy atom. The highest BCUT2D eigenvalue weighted by atomic mass is 16.3. The van der Waals surface area contributed by atoms with Crippen molar-refractivity contribution >= 4 is 0 Å². The lowest BCUT2D eigenvalue weighted by Crippen LogP contribution is -2.37. The Morgan fingerprint density at radius 3 is 1.78 bits per heavy atom. The Bertz CT molecular complexity index is 132. The van der Waals surface area contributed by atoms with E-state index in [1.54, 1.807) is 20.8 Å². The van der Waals surface area contributed by atoms with E-state index in [-0.39, 0.29) is 0 Å². The van der Waals surface area contributed by atoms with Gasteiger partial charge in [-0.25, -0.2) is 0 Å². The fraction of sp³-hybridized carbons (Fsp3) is 0.625. The molecular weight excluding hydrogens is 112 g/mol. The van der Waals surface area contributed by atoms with Crippen LogP contribution in [0.3, 0.4) is 0 Å². The van der Waals surface area contributed by atoms with E-state index in [1.165, 1.54) is 0 Å². The maximum absolute atomic E-state index is 9.34. The molecule has 1 atom stereocenters. The van der Waals surface area contributed by atoms with Crippen LogP contribution in [0.15, 0.2) is 0 Å². The van der Waals surface area contributed by atoms with E-state index in [9.17, 15) is 5.11 Å². The molecule has 1 unspecified atom stereocenters. The summed E-state index contributed by atoms with van der Waals surface area (Å²) in [6, 6.07) is 0. The van der Waals surface area contributed by atoms with Crippen molar-refractivity contribution < 1.29 is 5.11 Å². The van der Waals surface area contributed by atoms with Crippen LogP contribution >= 0.6 is 0 Å². The molecule has 0 fully saturated rings. The van der Waals surface area contributed by atoms with Gasteiger partial charge in [0.05, 0.1) is 11.0 Å². The van der Waals surface area contributed by atoms with Crippen LogP contribution in [-0.2, 0) is 0 Å². The van der Waals surface area contributed by atoms with Gasteiger partial charge in [0.2, 0.25) is 0 Å². The van der Waals surface area contributed by atoms with Crippen LogP contribution in [0.4, 0.5) is 0 Å². The summed E-state index contributed by atoms with van der Waals surface area (Å²) in [5.74, 6) is 2.42. The zero-order chi connectivity index (χ0) is 7.71. The normalized spacial score (nSPS) is 12.9. The van der Waals surface area contributed by atoms with E-state index in [1.807, 2.05) is 0 Å². The quantitative estimate of drug-likeness (QED) is 0.522. The zero-order valence-electron chi connectivity index (χ0n) is 6.23. The highest BCUT2D eigenvalue weighted by Gasteiger charge is 2.32. The van der Waals surface area contributed by atoms with Gasteiger partial charge in [-0.1, -0.05) is 5.92 Å². The molecule has 1 N–H and O–H groups in total. The van der Waals surface area contributed by atoms with Crippen molar-refractivity contribution in [1.29, 1.82) is 0 Å². The van der Waals surface area contributed by atoms with Gasteiger partial charge in [-0.3, -0.25) is 0 Å². The summed E-state index contributed by atoms with van der Waals surface area (Å²) >= 11 is 0. The third-order valence-electron chi connectivity index (χ3n) is 1.67. The monoisotopic (exact) mass is 125 g/mol. The smallest absolute Gasteiger partial charge is 0.0753 e. The molecule has 1 nitrogen and oxygen atoms in total. The fourth-order valence-electron chi connectivity index (χ4n) is 0.177. The van der Waals surface area contributed by atoms with Crippen LogP contribution < -0.4 is 0 Å². The minimum Gasteiger partial charge on any atom is -0.389 e. The molecule has 0 aromatic carbocycles. The van der Waals surface area contributed by atoms with Gasteiger partial charge in [0.25, 0.3) is 0 Å². The Balaban J connectivity index is 4.39. The summed E-state index contributed by atoms with van der Waals surface area (Å²) < 4.78 is 0. The van der Waals surface area contributed by atoms with Gasteiger partial charge in [0.15, 0.2) is 0 Å². The van der Waals surface area contributed by atoms with Crippen molar-refractivity contribution in [3.63, 3.8) is 0 Å². The molecule has 0 saturated carbocycles. The number of aliphatic hydroxyl groups is 1. The van der Waals surface area contributed by atoms with E-state index >= 15 is 0 Å². The van der Waals surface area contributed by atoms with Crippen LogP contribution in [-0.4, -0.2) is 10.7 Å². The third-order valence-corrected chi connectivity index (χ3v) is 1.67. The maximum atomic E-state index is 9.34. The number of terminal acetylenes is 1. The van der Waals surface area contributed by atoms with Gasteiger partial charge < -0.3 is 5.11 Å². The van der Waals surface area contributed by atoms with E-state index < -0.39 is 11.0 Å². The Hall–Kier alpha value is -0.480. The highest BCUT2D eigenvalue weighted by Crippen LogP contribution is 2.27. The third kappa shape index (κ3) is 1.73. The molecule has 0 aliphatic carbocycles. The average molecular weight is 125 g/mol. The predicted octanol–water partition coefficient (Wildman–Crippen LogP) is 1.23. The first-order valence-electron chi connectivity index (χ1n) is 2.87. The van der Waals surface area contributed by atoms with Crippen molar-refractivity contribution in [3.8, 4) is 12.3 Å². The van der Waals surface area contributed by atoms with Gasteiger partial charge >= 0.3 is 0 Å². The topological polar surface area (TPSA) is 20.2 Å². The van der Waals surface area contributed by atoms with Crippen molar-refractivity contribution in [3.05, 3.63) is 6.92 Å². The van der Waals surface area contributed by atoms with Crippen molar-refractivity contribution in [2.75, 3.05) is 0 Å². The maximum Gasteiger partial charge on any atom is 0.0753 e. The standard InChI is InChI=1S/C8H13O/c1-6-7(2,3)8(4,5)9/h1,9H,2H2,3-5H3. The Kier molecular flexibility index (Phi) is 1.93. The molecule has 0 heterocycles. The molecule has 0 aromatic rings. The SMILES string of the molecule is C#CC([CH2])(C)C(C)(C)O. The van der Waals surface area contributed by atoms with Gasteiger partial charge in [-0.05, 0) is 27.7 Å². The first kappa shape index (κ1) is 8.52. The summed E-state index contributed by atoms with van der Waals surface area (Å²) in [5, 5.41) is 9.34. The van der Waals surface area contributed by atoms with Crippen molar-refractivity contribution in [2.45, 2.75) is 26.4 Å². The fourth-order valence-corrected chi connectivity index (χ4v) is 0.177. The summed E-state index contributed by atoms with van der Waals surface area (Å²) in [4.78, 5) is 0. The molecule has 1 heteroatoms. The predicted molar refractivity (Wildman–Crippen MR) is 38.6 cm³/mol. The molecule has 0 aliphatic rings. The second kappa shape index (κ2) is 2.04. The van der Waals surface area contributed by atoms with E-state index in [4.69, 9.17) is 6.42 Å². The largest absolute Gasteiger partial charge is 0.389 e. The molecule has 0 rings (SSSR count). The van der Waals surface area contributed by atoms with Crippen LogP contribution in [0.25, 0.3) is 0 Å². The molecule has 0 spiro atoms. The molecule has 51 valence electrons. The summed E-state index contributed by atoms with van der Waals surface area (Å²) in [5.41, 5.74) is -1.59. The number of hydrogen-bond acceptors (Lipinski definition) is 1. The summed E-state index contributed by atoms with van der Waals surface area (Å²) in [7, 11) is 0. The first-order chi connectivity index (χ1) is 3.81. The lowest BCUT2D eigenvalue weighted by molar-refractivity contribution is 0.0111.